The maximum absolute atomic E-state index is 13.4. The summed E-state index contributed by atoms with van der Waals surface area (Å²) in [5.74, 6) is -3.37. The standard InChI is InChI=1S/C28H37N5O7S/c1-41-14-13-21(26(37)33-23(28(39)40)16-18-7-9-19(34)10-8-18)31-27(38)22(15-17-5-3-2-4-6-17)32-25(36)20(29)11-12-24(30)35/h2-10,20-23,34H,11-16,29H2,1H3,(H2,30,35)(H,31,38)(H,32,36)(H,33,37)(H,39,40). The van der Waals surface area contributed by atoms with Crippen LogP contribution in [-0.2, 0) is 36.8 Å². The van der Waals surface area contributed by atoms with E-state index in [4.69, 9.17) is 11.5 Å². The maximum Gasteiger partial charge on any atom is 0.326 e. The molecule has 0 heterocycles. The van der Waals surface area contributed by atoms with Crippen molar-refractivity contribution in [1.29, 1.82) is 0 Å². The molecule has 0 fully saturated rings. The van der Waals surface area contributed by atoms with Crippen LogP contribution in [0.25, 0.3) is 0 Å². The van der Waals surface area contributed by atoms with Gasteiger partial charge >= 0.3 is 5.97 Å². The number of carbonyl (C=O) groups excluding carboxylic acids is 4. The van der Waals surface area contributed by atoms with Crippen LogP contribution >= 0.6 is 11.8 Å². The first-order valence-corrected chi connectivity index (χ1v) is 14.4. The van der Waals surface area contributed by atoms with Gasteiger partial charge in [-0.3, -0.25) is 19.2 Å². The summed E-state index contributed by atoms with van der Waals surface area (Å²) < 4.78 is 0. The van der Waals surface area contributed by atoms with Gasteiger partial charge in [0.05, 0.1) is 6.04 Å². The lowest BCUT2D eigenvalue weighted by Crippen LogP contribution is -2.58. The maximum atomic E-state index is 13.4. The third-order valence-electron chi connectivity index (χ3n) is 6.19. The van der Waals surface area contributed by atoms with E-state index in [9.17, 15) is 34.2 Å². The zero-order chi connectivity index (χ0) is 30.4. The first kappa shape index (κ1) is 33.1. The Hall–Kier alpha value is -4.10. The van der Waals surface area contributed by atoms with Gasteiger partial charge in [-0.1, -0.05) is 42.5 Å². The molecule has 0 saturated carbocycles. The van der Waals surface area contributed by atoms with Crippen LogP contribution in [0.15, 0.2) is 54.6 Å². The van der Waals surface area contributed by atoms with E-state index >= 15 is 0 Å². The highest BCUT2D eigenvalue weighted by atomic mass is 32.2. The number of phenolic OH excluding ortho intramolecular Hbond substituents is 1. The zero-order valence-electron chi connectivity index (χ0n) is 22.7. The molecular formula is C28H37N5O7S. The second-order valence-corrected chi connectivity index (χ2v) is 10.5. The number of carboxylic acids is 1. The van der Waals surface area contributed by atoms with Crippen LogP contribution < -0.4 is 27.4 Å². The van der Waals surface area contributed by atoms with Gasteiger partial charge in [-0.15, -0.1) is 0 Å². The summed E-state index contributed by atoms with van der Waals surface area (Å²) in [7, 11) is 0. The fourth-order valence-electron chi connectivity index (χ4n) is 3.88. The predicted octanol–water partition coefficient (Wildman–Crippen LogP) is 0.0623. The fourth-order valence-corrected chi connectivity index (χ4v) is 4.36. The first-order chi connectivity index (χ1) is 19.5. The number of nitrogens with one attached hydrogen (secondary N) is 3. The van der Waals surface area contributed by atoms with Crippen molar-refractivity contribution in [3.8, 4) is 5.75 Å². The number of primary amides is 1. The predicted molar refractivity (Wildman–Crippen MR) is 155 cm³/mol. The Morgan fingerprint density at radius 1 is 0.780 bits per heavy atom. The van der Waals surface area contributed by atoms with E-state index in [1.807, 2.05) is 6.26 Å². The Bertz CT molecular complexity index is 1180. The summed E-state index contributed by atoms with van der Waals surface area (Å²) in [5.41, 5.74) is 12.4. The van der Waals surface area contributed by atoms with Crippen LogP contribution in [0.5, 0.6) is 5.75 Å². The highest BCUT2D eigenvalue weighted by Gasteiger charge is 2.30. The van der Waals surface area contributed by atoms with Gasteiger partial charge in [-0.05, 0) is 48.1 Å². The molecule has 9 N–H and O–H groups in total. The average molecular weight is 588 g/mol. The average Bonchev–Trinajstić information content (AvgIpc) is 2.94. The molecule has 4 atom stereocenters. The van der Waals surface area contributed by atoms with Gasteiger partial charge in [0, 0.05) is 19.3 Å². The summed E-state index contributed by atoms with van der Waals surface area (Å²) in [6, 6.07) is 10.3. The molecule has 0 aliphatic heterocycles. The van der Waals surface area contributed by atoms with E-state index in [0.29, 0.717) is 11.3 Å². The molecule has 12 nitrogen and oxygen atoms in total. The highest BCUT2D eigenvalue weighted by Crippen LogP contribution is 2.12. The lowest BCUT2D eigenvalue weighted by Gasteiger charge is -2.25. The second-order valence-electron chi connectivity index (χ2n) is 9.48. The van der Waals surface area contributed by atoms with Gasteiger partial charge in [0.15, 0.2) is 0 Å². The normalized spacial score (nSPS) is 13.7. The van der Waals surface area contributed by atoms with Crippen LogP contribution in [-0.4, -0.2) is 76.0 Å². The molecule has 0 bridgehead atoms. The molecule has 0 spiro atoms. The van der Waals surface area contributed by atoms with E-state index in [2.05, 4.69) is 16.0 Å². The van der Waals surface area contributed by atoms with Gasteiger partial charge < -0.3 is 37.6 Å². The molecule has 4 unspecified atom stereocenters. The number of rotatable bonds is 17. The molecule has 222 valence electrons. The molecular weight excluding hydrogens is 550 g/mol. The molecule has 41 heavy (non-hydrogen) atoms. The zero-order valence-corrected chi connectivity index (χ0v) is 23.6. The minimum atomic E-state index is -1.29. The van der Waals surface area contributed by atoms with Gasteiger partial charge in [0.25, 0.3) is 0 Å². The molecule has 13 heteroatoms. The topological polar surface area (TPSA) is 214 Å². The SMILES string of the molecule is CSCCC(NC(=O)C(Cc1ccccc1)NC(=O)C(N)CCC(N)=O)C(=O)NC(Cc1ccc(O)cc1)C(=O)O. The van der Waals surface area contributed by atoms with Gasteiger partial charge in [0.2, 0.25) is 23.6 Å². The van der Waals surface area contributed by atoms with E-state index in [1.165, 1.54) is 23.9 Å². The number of aliphatic carboxylic acids is 1. The van der Waals surface area contributed by atoms with Crippen molar-refractivity contribution >= 4 is 41.4 Å². The summed E-state index contributed by atoms with van der Waals surface area (Å²) in [4.78, 5) is 62.4. The number of carboxylic acid groups (broad SMARTS) is 1. The minimum absolute atomic E-state index is 0.00277. The lowest BCUT2D eigenvalue weighted by atomic mass is 10.0. The molecule has 0 aromatic heterocycles. The van der Waals surface area contributed by atoms with Crippen LogP contribution in [0.1, 0.15) is 30.4 Å². The minimum Gasteiger partial charge on any atom is -0.508 e. The number of thioether (sulfide) groups is 1. The van der Waals surface area contributed by atoms with Crippen molar-refractivity contribution in [2.75, 3.05) is 12.0 Å². The Morgan fingerprint density at radius 3 is 1.90 bits per heavy atom. The first-order valence-electron chi connectivity index (χ1n) is 13.0. The van der Waals surface area contributed by atoms with Crippen LogP contribution in [0, 0.1) is 0 Å². The van der Waals surface area contributed by atoms with E-state index in [-0.39, 0.29) is 37.9 Å². The van der Waals surface area contributed by atoms with Crippen molar-refractivity contribution in [2.45, 2.75) is 56.3 Å². The number of nitrogens with two attached hydrogens (primary N) is 2. The summed E-state index contributed by atoms with van der Waals surface area (Å²) >= 11 is 1.44. The Labute approximate surface area is 242 Å². The fraction of sp³-hybridized carbons (Fsp3) is 0.393. The Balaban J connectivity index is 2.19. The van der Waals surface area contributed by atoms with Crippen LogP contribution in [0.2, 0.25) is 0 Å². The number of benzene rings is 2. The molecule has 0 aliphatic rings. The van der Waals surface area contributed by atoms with Crippen molar-refractivity contribution in [3.63, 3.8) is 0 Å². The largest absolute Gasteiger partial charge is 0.508 e. The molecule has 0 aliphatic carbocycles. The molecule has 0 saturated heterocycles. The van der Waals surface area contributed by atoms with Gasteiger partial charge in [0.1, 0.15) is 23.9 Å². The highest BCUT2D eigenvalue weighted by molar-refractivity contribution is 7.98. The lowest BCUT2D eigenvalue weighted by molar-refractivity contribution is -0.142. The molecule has 0 radical (unpaired) electrons. The van der Waals surface area contributed by atoms with E-state index in [0.717, 1.165) is 5.56 Å². The number of carbonyl (C=O) groups is 5. The van der Waals surface area contributed by atoms with Crippen molar-refractivity contribution in [2.24, 2.45) is 11.5 Å². The third-order valence-corrected chi connectivity index (χ3v) is 6.83. The molecule has 2 rings (SSSR count). The van der Waals surface area contributed by atoms with E-state index < -0.39 is 53.8 Å². The summed E-state index contributed by atoms with van der Waals surface area (Å²) in [6.07, 6.45) is 1.98. The number of hydrogen-bond donors (Lipinski definition) is 7. The molecule has 2 aromatic carbocycles. The molecule has 4 amide bonds. The number of amides is 4. The quantitative estimate of drug-likeness (QED) is 0.133. The van der Waals surface area contributed by atoms with Crippen LogP contribution in [0.3, 0.4) is 0 Å². The number of hydrogen-bond acceptors (Lipinski definition) is 8. The second kappa shape index (κ2) is 16.9. The van der Waals surface area contributed by atoms with Crippen molar-refractivity contribution in [1.82, 2.24) is 16.0 Å². The Morgan fingerprint density at radius 2 is 1.32 bits per heavy atom. The molecule has 2 aromatic rings. The number of aromatic hydroxyl groups is 1. The van der Waals surface area contributed by atoms with Crippen molar-refractivity contribution < 1.29 is 34.2 Å². The summed E-state index contributed by atoms with van der Waals surface area (Å²) in [6.45, 7) is 0. The smallest absolute Gasteiger partial charge is 0.326 e. The van der Waals surface area contributed by atoms with Gasteiger partial charge in [-0.2, -0.15) is 11.8 Å². The van der Waals surface area contributed by atoms with E-state index in [1.54, 1.807) is 42.5 Å². The van der Waals surface area contributed by atoms with Crippen LogP contribution in [0.4, 0.5) is 0 Å². The Kier molecular flexibility index (Phi) is 13.6. The monoisotopic (exact) mass is 587 g/mol. The number of phenols is 1. The van der Waals surface area contributed by atoms with Gasteiger partial charge in [-0.25, -0.2) is 4.79 Å². The van der Waals surface area contributed by atoms with Crippen molar-refractivity contribution in [3.05, 3.63) is 65.7 Å². The summed E-state index contributed by atoms with van der Waals surface area (Å²) in [5, 5.41) is 27.0. The third kappa shape index (κ3) is 11.9.